The molecule has 0 unspecified atom stereocenters. The number of rotatable bonds is 6. The molecule has 0 radical (unpaired) electrons. The summed E-state index contributed by atoms with van der Waals surface area (Å²) in [4.78, 5) is 9.83. The third-order valence-corrected chi connectivity index (χ3v) is 7.78. The van der Waals surface area contributed by atoms with Crippen LogP contribution in [-0.2, 0) is 13.9 Å². The molecule has 0 spiro atoms. The molecule has 7 heteroatoms. The molecule has 2 atom stereocenters. The van der Waals surface area contributed by atoms with E-state index in [0.29, 0.717) is 25.0 Å². The molecule has 0 amide bonds. The van der Waals surface area contributed by atoms with Crippen LogP contribution in [0.15, 0.2) is 118 Å². The summed E-state index contributed by atoms with van der Waals surface area (Å²) in [6, 6.07) is 34.4. The molecule has 0 aliphatic carbocycles. The topological polar surface area (TPSA) is 55.2 Å². The maximum absolute atomic E-state index is 6.11. The zero-order valence-corrected chi connectivity index (χ0v) is 22.9. The number of anilines is 2. The van der Waals surface area contributed by atoms with Crippen molar-refractivity contribution in [2.45, 2.75) is 10.5 Å². The number of para-hydroxylation sites is 2. The summed E-state index contributed by atoms with van der Waals surface area (Å²) < 4.78 is 12.6. The Morgan fingerprint density at radius 2 is 1.35 bits per heavy atom. The van der Waals surface area contributed by atoms with Crippen molar-refractivity contribution in [3.05, 3.63) is 130 Å². The van der Waals surface area contributed by atoms with E-state index in [1.54, 1.807) is 0 Å². The summed E-state index contributed by atoms with van der Waals surface area (Å²) in [7, 11) is 0. The van der Waals surface area contributed by atoms with Gasteiger partial charge in [0.25, 0.3) is 0 Å². The van der Waals surface area contributed by atoms with E-state index < -0.39 is 4.45 Å². The molecule has 1 N–H and O–H groups in total. The van der Waals surface area contributed by atoms with Crippen LogP contribution in [-0.4, -0.2) is 25.0 Å². The molecule has 5 nitrogen and oxygen atoms in total. The van der Waals surface area contributed by atoms with Crippen molar-refractivity contribution in [1.82, 2.24) is 0 Å². The van der Waals surface area contributed by atoms with E-state index in [1.807, 2.05) is 91.0 Å². The largest absolute Gasteiger partial charge is 0.475 e. The number of hydrogen-bond acceptors (Lipinski definition) is 5. The van der Waals surface area contributed by atoms with Crippen LogP contribution in [0.1, 0.15) is 28.3 Å². The van der Waals surface area contributed by atoms with E-state index in [9.17, 15) is 0 Å². The first kappa shape index (κ1) is 23.9. The first-order valence-corrected chi connectivity index (χ1v) is 13.6. The molecular formula is C30H23Br2N3O2. The highest BCUT2D eigenvalue weighted by molar-refractivity contribution is 9.10. The Bertz CT molecular complexity index is 1490. The summed E-state index contributed by atoms with van der Waals surface area (Å²) in [6.07, 6.45) is 0. The number of aliphatic imine (C=N–C) groups is 2. The van der Waals surface area contributed by atoms with Crippen LogP contribution in [0.25, 0.3) is 0 Å². The van der Waals surface area contributed by atoms with Gasteiger partial charge in [-0.15, -0.1) is 0 Å². The van der Waals surface area contributed by atoms with Gasteiger partial charge in [0, 0.05) is 4.47 Å². The molecule has 0 fully saturated rings. The van der Waals surface area contributed by atoms with Crippen LogP contribution < -0.4 is 5.32 Å². The first-order chi connectivity index (χ1) is 18.1. The molecule has 0 saturated carbocycles. The van der Waals surface area contributed by atoms with Gasteiger partial charge in [-0.1, -0.05) is 98.6 Å². The van der Waals surface area contributed by atoms with E-state index in [-0.39, 0.29) is 6.04 Å². The normalized spacial score (nSPS) is 20.5. The van der Waals surface area contributed by atoms with Gasteiger partial charge in [0.1, 0.15) is 19.3 Å². The highest BCUT2D eigenvalue weighted by atomic mass is 79.9. The SMILES string of the molecule is Brc1ccc([C@]2(Br)COC(c3ccccc3Nc3ccccc3C3=N[C@@H](c4ccccc4)CO3)=N2)cc1. The predicted molar refractivity (Wildman–Crippen MR) is 155 cm³/mol. The lowest BCUT2D eigenvalue weighted by atomic mass is 10.1. The summed E-state index contributed by atoms with van der Waals surface area (Å²) in [5.74, 6) is 1.22. The molecule has 2 aliphatic rings. The Morgan fingerprint density at radius 3 is 2.05 bits per heavy atom. The highest BCUT2D eigenvalue weighted by Crippen LogP contribution is 2.40. The Kier molecular flexibility index (Phi) is 6.57. The van der Waals surface area contributed by atoms with Crippen molar-refractivity contribution in [1.29, 1.82) is 0 Å². The van der Waals surface area contributed by atoms with Gasteiger partial charge < -0.3 is 14.8 Å². The molecule has 0 saturated heterocycles. The molecule has 4 aromatic carbocycles. The fourth-order valence-electron chi connectivity index (χ4n) is 4.45. The van der Waals surface area contributed by atoms with Crippen LogP contribution in [0.3, 0.4) is 0 Å². The third-order valence-electron chi connectivity index (χ3n) is 6.39. The average molecular weight is 617 g/mol. The van der Waals surface area contributed by atoms with Crippen LogP contribution in [0.4, 0.5) is 11.4 Å². The smallest absolute Gasteiger partial charge is 0.220 e. The number of alkyl halides is 1. The van der Waals surface area contributed by atoms with Crippen molar-refractivity contribution in [2.75, 3.05) is 18.5 Å². The second-order valence-electron chi connectivity index (χ2n) is 8.86. The second kappa shape index (κ2) is 10.1. The zero-order valence-electron chi connectivity index (χ0n) is 19.8. The predicted octanol–water partition coefficient (Wildman–Crippen LogP) is 7.74. The van der Waals surface area contributed by atoms with Crippen molar-refractivity contribution >= 4 is 55.0 Å². The second-order valence-corrected chi connectivity index (χ2v) is 11.1. The molecule has 184 valence electrons. The van der Waals surface area contributed by atoms with Gasteiger partial charge in [0.15, 0.2) is 4.45 Å². The molecule has 37 heavy (non-hydrogen) atoms. The van der Waals surface area contributed by atoms with Crippen LogP contribution in [0.2, 0.25) is 0 Å². The molecule has 0 bridgehead atoms. The van der Waals surface area contributed by atoms with Gasteiger partial charge in [0.2, 0.25) is 11.8 Å². The Labute approximate surface area is 232 Å². The Hall–Kier alpha value is -3.42. The monoisotopic (exact) mass is 615 g/mol. The van der Waals surface area contributed by atoms with Gasteiger partial charge in [-0.2, -0.15) is 0 Å². The van der Waals surface area contributed by atoms with Crippen LogP contribution in [0.5, 0.6) is 0 Å². The average Bonchev–Trinajstić information content (AvgIpc) is 3.58. The van der Waals surface area contributed by atoms with E-state index in [1.165, 1.54) is 0 Å². The first-order valence-electron chi connectivity index (χ1n) is 12.0. The molecular weight excluding hydrogens is 594 g/mol. The molecule has 4 aromatic rings. The summed E-state index contributed by atoms with van der Waals surface area (Å²) in [6.45, 7) is 0.929. The third kappa shape index (κ3) is 4.93. The van der Waals surface area contributed by atoms with Gasteiger partial charge in [-0.05, 0) is 47.5 Å². The minimum Gasteiger partial charge on any atom is -0.475 e. The van der Waals surface area contributed by atoms with E-state index in [4.69, 9.17) is 19.5 Å². The number of ether oxygens (including phenoxy) is 2. The van der Waals surface area contributed by atoms with Crippen molar-refractivity contribution in [2.24, 2.45) is 9.98 Å². The highest BCUT2D eigenvalue weighted by Gasteiger charge is 2.37. The lowest BCUT2D eigenvalue weighted by Crippen LogP contribution is -2.16. The van der Waals surface area contributed by atoms with Crippen molar-refractivity contribution < 1.29 is 9.47 Å². The van der Waals surface area contributed by atoms with Crippen LogP contribution >= 0.6 is 31.9 Å². The summed E-state index contributed by atoms with van der Waals surface area (Å²) in [5, 5.41) is 3.58. The number of nitrogens with zero attached hydrogens (tertiary/aromatic N) is 2. The van der Waals surface area contributed by atoms with Gasteiger partial charge in [-0.25, -0.2) is 9.98 Å². The minimum atomic E-state index is -0.632. The standard InChI is InChI=1S/C30H23Br2N3O2/c31-22-16-14-21(15-17-22)30(32)19-37-29(35-30)24-11-5-7-13-26(24)33-25-12-6-4-10-23(25)28-34-27(18-36-28)20-8-2-1-3-9-20/h1-17,27,33H,18-19H2/t27-,30+/m1/s1. The molecule has 0 aromatic heterocycles. The molecule has 6 rings (SSSR count). The van der Waals surface area contributed by atoms with Crippen molar-refractivity contribution in [3.63, 3.8) is 0 Å². The maximum Gasteiger partial charge on any atom is 0.220 e. The van der Waals surface area contributed by atoms with E-state index in [0.717, 1.165) is 38.1 Å². The fraction of sp³-hybridized carbons (Fsp3) is 0.133. The van der Waals surface area contributed by atoms with Gasteiger partial charge in [-0.3, -0.25) is 0 Å². The van der Waals surface area contributed by atoms with Crippen LogP contribution in [0, 0.1) is 0 Å². The van der Waals surface area contributed by atoms with Gasteiger partial charge >= 0.3 is 0 Å². The zero-order chi connectivity index (χ0) is 25.2. The Morgan fingerprint density at radius 1 is 0.730 bits per heavy atom. The van der Waals surface area contributed by atoms with E-state index >= 15 is 0 Å². The number of halogens is 2. The number of nitrogens with one attached hydrogen (secondary N) is 1. The number of benzene rings is 4. The summed E-state index contributed by atoms with van der Waals surface area (Å²) >= 11 is 7.31. The molecule has 2 aliphatic heterocycles. The summed E-state index contributed by atoms with van der Waals surface area (Å²) in [5.41, 5.74) is 5.76. The molecule has 2 heterocycles. The lowest BCUT2D eigenvalue weighted by Gasteiger charge is -2.16. The lowest BCUT2D eigenvalue weighted by molar-refractivity contribution is 0.310. The number of hydrogen-bond donors (Lipinski definition) is 1. The Balaban J connectivity index is 1.30. The van der Waals surface area contributed by atoms with E-state index in [2.05, 4.69) is 49.3 Å². The minimum absolute atomic E-state index is 0.0107. The maximum atomic E-state index is 6.11. The quantitative estimate of drug-likeness (QED) is 0.178. The van der Waals surface area contributed by atoms with Crippen molar-refractivity contribution in [3.8, 4) is 0 Å². The fourth-order valence-corrected chi connectivity index (χ4v) is 5.25. The van der Waals surface area contributed by atoms with Gasteiger partial charge in [0.05, 0.1) is 22.5 Å².